The molecule has 0 bridgehead atoms. The van der Waals surface area contributed by atoms with Gasteiger partial charge in [-0.15, -0.1) is 0 Å². The molecule has 0 unspecified atom stereocenters. The van der Waals surface area contributed by atoms with Crippen molar-refractivity contribution < 1.29 is 0 Å². The van der Waals surface area contributed by atoms with E-state index in [1.165, 1.54) is 5.56 Å². The summed E-state index contributed by atoms with van der Waals surface area (Å²) in [6, 6.07) is 5.83. The summed E-state index contributed by atoms with van der Waals surface area (Å²) < 4.78 is 1.83. The zero-order valence-corrected chi connectivity index (χ0v) is 9.54. The fraction of sp³-hybridized carbons (Fsp3) is 0.154. The summed E-state index contributed by atoms with van der Waals surface area (Å²) in [5, 5.41) is 4.58. The summed E-state index contributed by atoms with van der Waals surface area (Å²) in [7, 11) is 0. The summed E-state index contributed by atoms with van der Waals surface area (Å²) in [6.07, 6.45) is 8.20. The molecule has 0 N–H and O–H groups in total. The van der Waals surface area contributed by atoms with Crippen molar-refractivity contribution in [1.29, 1.82) is 0 Å². The van der Waals surface area contributed by atoms with Crippen LogP contribution in [0.25, 0.3) is 16.9 Å². The van der Waals surface area contributed by atoms with Gasteiger partial charge in [-0.3, -0.25) is 4.98 Å². The van der Waals surface area contributed by atoms with Crippen LogP contribution in [0.1, 0.15) is 12.5 Å². The summed E-state index contributed by atoms with van der Waals surface area (Å²) in [4.78, 5) is 8.41. The van der Waals surface area contributed by atoms with Crippen molar-refractivity contribution >= 4 is 5.65 Å². The number of aromatic nitrogens is 4. The number of rotatable bonds is 2. The van der Waals surface area contributed by atoms with Gasteiger partial charge in [0.05, 0.1) is 5.69 Å². The molecule has 0 radical (unpaired) electrons. The first-order valence-electron chi connectivity index (χ1n) is 5.62. The maximum Gasteiger partial charge on any atom is 0.158 e. The Balaban J connectivity index is 2.30. The van der Waals surface area contributed by atoms with E-state index in [1.807, 2.05) is 28.9 Å². The minimum absolute atomic E-state index is 0.915. The van der Waals surface area contributed by atoms with Crippen LogP contribution in [0.5, 0.6) is 0 Å². The van der Waals surface area contributed by atoms with Gasteiger partial charge in [0.1, 0.15) is 0 Å². The molecule has 17 heavy (non-hydrogen) atoms. The van der Waals surface area contributed by atoms with Crippen molar-refractivity contribution in [2.45, 2.75) is 13.3 Å². The fourth-order valence-electron chi connectivity index (χ4n) is 2.00. The van der Waals surface area contributed by atoms with Crippen LogP contribution < -0.4 is 0 Å². The van der Waals surface area contributed by atoms with Crippen LogP contribution in [-0.2, 0) is 6.42 Å². The van der Waals surface area contributed by atoms with Gasteiger partial charge in [-0.05, 0) is 24.6 Å². The minimum Gasteiger partial charge on any atom is -0.265 e. The molecule has 4 heteroatoms. The van der Waals surface area contributed by atoms with E-state index in [2.05, 4.69) is 22.0 Å². The number of pyridine rings is 1. The van der Waals surface area contributed by atoms with E-state index in [0.717, 1.165) is 23.3 Å². The van der Waals surface area contributed by atoms with Gasteiger partial charge in [-0.25, -0.2) is 9.50 Å². The largest absolute Gasteiger partial charge is 0.265 e. The molecule has 0 aliphatic heterocycles. The number of hydrogen-bond donors (Lipinski definition) is 0. The molecular formula is C13H12N4. The first-order chi connectivity index (χ1) is 8.40. The molecule has 0 aliphatic rings. The van der Waals surface area contributed by atoms with Crippen LogP contribution in [0.4, 0.5) is 0 Å². The molecule has 0 aromatic carbocycles. The van der Waals surface area contributed by atoms with Gasteiger partial charge in [0.15, 0.2) is 5.65 Å². The highest BCUT2D eigenvalue weighted by molar-refractivity contribution is 5.70. The second-order valence-electron chi connectivity index (χ2n) is 3.80. The van der Waals surface area contributed by atoms with Crippen molar-refractivity contribution in [2.75, 3.05) is 0 Å². The third-order valence-corrected chi connectivity index (χ3v) is 2.80. The van der Waals surface area contributed by atoms with E-state index in [0.29, 0.717) is 0 Å². The van der Waals surface area contributed by atoms with E-state index < -0.39 is 0 Å². The highest BCUT2D eigenvalue weighted by atomic mass is 15.2. The maximum absolute atomic E-state index is 4.58. The molecule has 3 rings (SSSR count). The number of hydrogen-bond acceptors (Lipinski definition) is 3. The van der Waals surface area contributed by atoms with Crippen LogP contribution in [0.2, 0.25) is 0 Å². The van der Waals surface area contributed by atoms with E-state index in [1.54, 1.807) is 18.6 Å². The Kier molecular flexibility index (Phi) is 2.33. The topological polar surface area (TPSA) is 43.1 Å². The predicted molar refractivity (Wildman–Crippen MR) is 65.6 cm³/mol. The molecule has 3 aromatic heterocycles. The SMILES string of the molecule is CCc1c(-c2ccncc2)nn2cccnc12. The Morgan fingerprint density at radius 3 is 2.76 bits per heavy atom. The molecule has 84 valence electrons. The minimum atomic E-state index is 0.915. The fourth-order valence-corrected chi connectivity index (χ4v) is 2.00. The van der Waals surface area contributed by atoms with Gasteiger partial charge in [0, 0.05) is 35.9 Å². The molecule has 0 saturated carbocycles. The molecule has 3 aromatic rings. The van der Waals surface area contributed by atoms with E-state index in [-0.39, 0.29) is 0 Å². The Morgan fingerprint density at radius 1 is 1.18 bits per heavy atom. The molecule has 0 atom stereocenters. The molecular weight excluding hydrogens is 212 g/mol. The summed E-state index contributed by atoms with van der Waals surface area (Å²) >= 11 is 0. The number of nitrogens with zero attached hydrogens (tertiary/aromatic N) is 4. The third-order valence-electron chi connectivity index (χ3n) is 2.80. The van der Waals surface area contributed by atoms with Crippen LogP contribution in [0.3, 0.4) is 0 Å². The lowest BCUT2D eigenvalue weighted by molar-refractivity contribution is 0.942. The van der Waals surface area contributed by atoms with Gasteiger partial charge in [-0.1, -0.05) is 6.92 Å². The van der Waals surface area contributed by atoms with Crippen molar-refractivity contribution in [2.24, 2.45) is 0 Å². The zero-order valence-electron chi connectivity index (χ0n) is 9.54. The van der Waals surface area contributed by atoms with Crippen molar-refractivity contribution in [1.82, 2.24) is 19.6 Å². The highest BCUT2D eigenvalue weighted by Gasteiger charge is 2.12. The standard InChI is InChI=1S/C13H12N4/c1-2-11-12(10-4-7-14-8-5-10)16-17-9-3-6-15-13(11)17/h3-9H,2H2,1H3. The molecule has 0 amide bonds. The average Bonchev–Trinajstić information content (AvgIpc) is 2.78. The average molecular weight is 224 g/mol. The van der Waals surface area contributed by atoms with Gasteiger partial charge >= 0.3 is 0 Å². The predicted octanol–water partition coefficient (Wildman–Crippen LogP) is 2.35. The molecule has 4 nitrogen and oxygen atoms in total. The summed E-state index contributed by atoms with van der Waals surface area (Å²) in [6.45, 7) is 2.12. The normalized spacial score (nSPS) is 10.9. The first-order valence-corrected chi connectivity index (χ1v) is 5.62. The van der Waals surface area contributed by atoms with Crippen molar-refractivity contribution in [3.63, 3.8) is 0 Å². The van der Waals surface area contributed by atoms with Gasteiger partial charge in [-0.2, -0.15) is 5.10 Å². The third kappa shape index (κ3) is 1.58. The number of aryl methyl sites for hydroxylation is 1. The van der Waals surface area contributed by atoms with Crippen LogP contribution in [-0.4, -0.2) is 19.6 Å². The molecule has 0 aliphatic carbocycles. The molecule has 3 heterocycles. The maximum atomic E-state index is 4.58. The lowest BCUT2D eigenvalue weighted by Gasteiger charge is -1.98. The first kappa shape index (κ1) is 9.96. The molecule has 0 spiro atoms. The van der Waals surface area contributed by atoms with Crippen molar-refractivity contribution in [3.05, 3.63) is 48.5 Å². The quantitative estimate of drug-likeness (QED) is 0.671. The molecule has 0 fully saturated rings. The Hall–Kier alpha value is -2.23. The second-order valence-corrected chi connectivity index (χ2v) is 3.80. The van der Waals surface area contributed by atoms with Gasteiger partial charge in [0.25, 0.3) is 0 Å². The van der Waals surface area contributed by atoms with Crippen LogP contribution in [0.15, 0.2) is 43.0 Å². The molecule has 0 saturated heterocycles. The van der Waals surface area contributed by atoms with Crippen molar-refractivity contribution in [3.8, 4) is 11.3 Å². The van der Waals surface area contributed by atoms with E-state index >= 15 is 0 Å². The zero-order chi connectivity index (χ0) is 11.7. The van der Waals surface area contributed by atoms with Gasteiger partial charge < -0.3 is 0 Å². The summed E-state index contributed by atoms with van der Waals surface area (Å²) in [5.74, 6) is 0. The summed E-state index contributed by atoms with van der Waals surface area (Å²) in [5.41, 5.74) is 4.19. The lowest BCUT2D eigenvalue weighted by Crippen LogP contribution is -1.88. The van der Waals surface area contributed by atoms with E-state index in [9.17, 15) is 0 Å². The smallest absolute Gasteiger partial charge is 0.158 e. The lowest BCUT2D eigenvalue weighted by atomic mass is 10.1. The second kappa shape index (κ2) is 3.97. The van der Waals surface area contributed by atoms with E-state index in [4.69, 9.17) is 0 Å². The van der Waals surface area contributed by atoms with Crippen LogP contribution >= 0.6 is 0 Å². The highest BCUT2D eigenvalue weighted by Crippen LogP contribution is 2.24. The Labute approximate surface area is 99.0 Å². The van der Waals surface area contributed by atoms with Crippen LogP contribution in [0, 0.1) is 0 Å². The monoisotopic (exact) mass is 224 g/mol. The Bertz CT molecular complexity index is 643. The van der Waals surface area contributed by atoms with Gasteiger partial charge in [0.2, 0.25) is 0 Å². The number of fused-ring (bicyclic) bond motifs is 1. The Morgan fingerprint density at radius 2 is 2.00 bits per heavy atom.